The van der Waals surface area contributed by atoms with Crippen LogP contribution in [0.1, 0.15) is 23.9 Å². The molecule has 0 bridgehead atoms. The summed E-state index contributed by atoms with van der Waals surface area (Å²) in [7, 11) is -3.07. The molecule has 1 heterocycles. The van der Waals surface area contributed by atoms with Gasteiger partial charge in [0.1, 0.15) is 0 Å². The Balaban J connectivity index is 2.34. The Kier molecular flexibility index (Phi) is 5.55. The zero-order valence-corrected chi connectivity index (χ0v) is 13.0. The predicted octanol–water partition coefficient (Wildman–Crippen LogP) is 1.84. The van der Waals surface area contributed by atoms with Gasteiger partial charge in [0.25, 0.3) is 0 Å². The van der Waals surface area contributed by atoms with E-state index in [1.165, 1.54) is 15.4 Å². The number of hydrogen-bond acceptors (Lipinski definition) is 5. The van der Waals surface area contributed by atoms with Crippen molar-refractivity contribution in [1.29, 1.82) is 0 Å². The lowest BCUT2D eigenvalue weighted by Crippen LogP contribution is -2.31. The van der Waals surface area contributed by atoms with Crippen molar-refractivity contribution in [2.45, 2.75) is 27.2 Å². The molecular weight excluding hydrogens is 270 g/mol. The monoisotopic (exact) mass is 291 g/mol. The van der Waals surface area contributed by atoms with E-state index >= 15 is 0 Å². The molecule has 0 fully saturated rings. The molecule has 0 radical (unpaired) electrons. The number of rotatable bonds is 7. The Morgan fingerprint density at radius 1 is 1.39 bits per heavy atom. The van der Waals surface area contributed by atoms with Gasteiger partial charge < -0.3 is 5.32 Å². The minimum Gasteiger partial charge on any atom is -0.361 e. The lowest BCUT2D eigenvalue weighted by molar-refractivity contribution is 0.429. The highest BCUT2D eigenvalue weighted by Gasteiger charge is 2.13. The lowest BCUT2D eigenvalue weighted by atomic mass is 10.4. The molecule has 1 N–H and O–H groups in total. The quantitative estimate of drug-likeness (QED) is 0.779. The van der Waals surface area contributed by atoms with Crippen LogP contribution in [-0.2, 0) is 10.0 Å². The van der Waals surface area contributed by atoms with Crippen LogP contribution in [0, 0.1) is 13.8 Å². The maximum absolute atomic E-state index is 11.4. The third-order valence-electron chi connectivity index (χ3n) is 2.71. The van der Waals surface area contributed by atoms with Crippen LogP contribution in [-0.4, -0.2) is 43.6 Å². The number of aryl methyl sites for hydroxylation is 2. The summed E-state index contributed by atoms with van der Waals surface area (Å²) in [5.74, 6) is 0. The van der Waals surface area contributed by atoms with Crippen molar-refractivity contribution < 1.29 is 8.42 Å². The van der Waals surface area contributed by atoms with Crippen LogP contribution in [0.15, 0.2) is 0 Å². The van der Waals surface area contributed by atoms with E-state index in [2.05, 4.69) is 10.3 Å². The highest BCUT2D eigenvalue weighted by molar-refractivity contribution is 7.88. The third-order valence-corrected chi connectivity index (χ3v) is 5.12. The van der Waals surface area contributed by atoms with E-state index in [-0.39, 0.29) is 0 Å². The first-order valence-corrected chi connectivity index (χ1v) is 8.64. The van der Waals surface area contributed by atoms with Gasteiger partial charge in [0.2, 0.25) is 10.0 Å². The topological polar surface area (TPSA) is 62.3 Å². The number of nitrogens with one attached hydrogen (secondary N) is 1. The first-order chi connectivity index (χ1) is 8.34. The zero-order valence-electron chi connectivity index (χ0n) is 11.4. The van der Waals surface area contributed by atoms with Crippen LogP contribution in [0.25, 0.3) is 0 Å². The number of aromatic nitrogens is 1. The lowest BCUT2D eigenvalue weighted by Gasteiger charge is -2.17. The average molecular weight is 291 g/mol. The molecule has 7 heteroatoms. The van der Waals surface area contributed by atoms with E-state index in [9.17, 15) is 8.42 Å². The number of sulfonamides is 1. The summed E-state index contributed by atoms with van der Waals surface area (Å²) in [6.45, 7) is 7.68. The minimum absolute atomic E-state index is 0.522. The molecule has 0 saturated heterocycles. The molecule has 0 amide bonds. The van der Waals surface area contributed by atoms with Gasteiger partial charge in [0.05, 0.1) is 11.9 Å². The third kappa shape index (κ3) is 4.55. The normalized spacial score (nSPS) is 12.1. The second kappa shape index (κ2) is 6.49. The number of nitrogens with zero attached hydrogens (tertiary/aromatic N) is 2. The Morgan fingerprint density at radius 3 is 2.50 bits per heavy atom. The highest BCUT2D eigenvalue weighted by Crippen LogP contribution is 2.20. The molecule has 0 aliphatic heterocycles. The fourth-order valence-electron chi connectivity index (χ4n) is 1.56. The van der Waals surface area contributed by atoms with E-state index in [1.807, 2.05) is 20.8 Å². The Hall–Kier alpha value is -0.660. The van der Waals surface area contributed by atoms with E-state index in [0.29, 0.717) is 13.1 Å². The van der Waals surface area contributed by atoms with Gasteiger partial charge in [0.15, 0.2) is 5.13 Å². The number of thiazole rings is 1. The Morgan fingerprint density at radius 2 is 2.06 bits per heavy atom. The Labute approximate surface area is 113 Å². The molecule has 1 aromatic rings. The fraction of sp³-hybridized carbons (Fsp3) is 0.727. The summed E-state index contributed by atoms with van der Waals surface area (Å²) in [6.07, 6.45) is 2.02. The van der Waals surface area contributed by atoms with Gasteiger partial charge in [-0.3, -0.25) is 0 Å². The Bertz CT molecular complexity index is 463. The molecule has 5 nitrogen and oxygen atoms in total. The van der Waals surface area contributed by atoms with E-state index in [4.69, 9.17) is 0 Å². The molecule has 0 saturated carbocycles. The van der Waals surface area contributed by atoms with Crippen LogP contribution in [0.4, 0.5) is 5.13 Å². The van der Waals surface area contributed by atoms with E-state index in [0.717, 1.165) is 23.8 Å². The summed E-state index contributed by atoms with van der Waals surface area (Å²) in [5, 5.41) is 4.13. The van der Waals surface area contributed by atoms with Crippen LogP contribution in [0.3, 0.4) is 0 Å². The number of anilines is 1. The van der Waals surface area contributed by atoms with E-state index < -0.39 is 10.0 Å². The summed E-state index contributed by atoms with van der Waals surface area (Å²) >= 11 is 1.63. The minimum atomic E-state index is -3.07. The van der Waals surface area contributed by atoms with Crippen LogP contribution in [0.5, 0.6) is 0 Å². The van der Waals surface area contributed by atoms with E-state index in [1.54, 1.807) is 11.3 Å². The summed E-state index contributed by atoms with van der Waals surface area (Å²) in [5.41, 5.74) is 1.05. The van der Waals surface area contributed by atoms with Gasteiger partial charge in [-0.15, -0.1) is 11.3 Å². The average Bonchev–Trinajstić information content (AvgIpc) is 2.56. The van der Waals surface area contributed by atoms with Crippen molar-refractivity contribution in [2.75, 3.05) is 31.2 Å². The van der Waals surface area contributed by atoms with Crippen molar-refractivity contribution >= 4 is 26.5 Å². The molecule has 0 atom stereocenters. The zero-order chi connectivity index (χ0) is 13.8. The number of hydrogen-bond donors (Lipinski definition) is 1. The molecule has 0 spiro atoms. The van der Waals surface area contributed by atoms with Crippen LogP contribution >= 0.6 is 11.3 Å². The molecular formula is C11H21N3O2S2. The smallest absolute Gasteiger partial charge is 0.211 e. The van der Waals surface area contributed by atoms with Crippen molar-refractivity contribution in [3.8, 4) is 0 Å². The standard InChI is InChI=1S/C11H21N3O2S2/c1-5-14(18(4,15)16)8-6-7-12-11-13-9(2)10(3)17-11/h5-8H2,1-4H3,(H,12,13). The first kappa shape index (κ1) is 15.4. The molecule has 1 aromatic heterocycles. The fourth-order valence-corrected chi connectivity index (χ4v) is 3.33. The van der Waals surface area contributed by atoms with Crippen LogP contribution in [0.2, 0.25) is 0 Å². The van der Waals surface area contributed by atoms with Crippen molar-refractivity contribution in [1.82, 2.24) is 9.29 Å². The largest absolute Gasteiger partial charge is 0.361 e. The van der Waals surface area contributed by atoms with Gasteiger partial charge in [-0.25, -0.2) is 17.7 Å². The molecule has 104 valence electrons. The molecule has 0 aliphatic carbocycles. The van der Waals surface area contributed by atoms with Crippen LogP contribution < -0.4 is 5.32 Å². The van der Waals surface area contributed by atoms with Crippen molar-refractivity contribution in [3.05, 3.63) is 10.6 Å². The second-order valence-corrected chi connectivity index (χ2v) is 7.38. The molecule has 1 rings (SSSR count). The van der Waals surface area contributed by atoms with Gasteiger partial charge in [-0.05, 0) is 20.3 Å². The SMILES string of the molecule is CCN(CCCNc1nc(C)c(C)s1)S(C)(=O)=O. The van der Waals surface area contributed by atoms with Gasteiger partial charge >= 0.3 is 0 Å². The highest BCUT2D eigenvalue weighted by atomic mass is 32.2. The summed E-state index contributed by atoms with van der Waals surface area (Å²) < 4.78 is 24.2. The molecule has 0 aromatic carbocycles. The summed E-state index contributed by atoms with van der Waals surface area (Å²) in [6, 6.07) is 0. The van der Waals surface area contributed by atoms with Crippen molar-refractivity contribution in [3.63, 3.8) is 0 Å². The maximum Gasteiger partial charge on any atom is 0.211 e. The molecule has 18 heavy (non-hydrogen) atoms. The maximum atomic E-state index is 11.4. The molecule has 0 aliphatic rings. The van der Waals surface area contributed by atoms with Crippen molar-refractivity contribution in [2.24, 2.45) is 0 Å². The van der Waals surface area contributed by atoms with Gasteiger partial charge in [-0.1, -0.05) is 6.92 Å². The predicted molar refractivity (Wildman–Crippen MR) is 76.8 cm³/mol. The second-order valence-electron chi connectivity index (χ2n) is 4.20. The summed E-state index contributed by atoms with van der Waals surface area (Å²) in [4.78, 5) is 5.58. The van der Waals surface area contributed by atoms with Gasteiger partial charge in [0, 0.05) is 24.5 Å². The molecule has 0 unspecified atom stereocenters. The van der Waals surface area contributed by atoms with Gasteiger partial charge in [-0.2, -0.15) is 0 Å². The first-order valence-electron chi connectivity index (χ1n) is 5.97.